The van der Waals surface area contributed by atoms with Crippen LogP contribution in [0.25, 0.3) is 0 Å². The Labute approximate surface area is 113 Å². The lowest BCUT2D eigenvalue weighted by molar-refractivity contribution is 0.0593. The summed E-state index contributed by atoms with van der Waals surface area (Å²) in [6, 6.07) is 0.920. The highest BCUT2D eigenvalue weighted by atomic mass is 15.3. The normalized spacial score (nSPS) is 37.7. The Morgan fingerprint density at radius 2 is 1.89 bits per heavy atom. The van der Waals surface area contributed by atoms with Crippen molar-refractivity contribution >= 4 is 0 Å². The molecule has 106 valence electrons. The van der Waals surface area contributed by atoms with Crippen LogP contribution in [0.4, 0.5) is 0 Å². The van der Waals surface area contributed by atoms with E-state index in [2.05, 4.69) is 30.8 Å². The van der Waals surface area contributed by atoms with Gasteiger partial charge in [-0.05, 0) is 32.4 Å². The smallest absolute Gasteiger partial charge is 0.0374 e. The molecule has 1 aliphatic heterocycles. The zero-order valence-corrected chi connectivity index (χ0v) is 12.4. The highest BCUT2D eigenvalue weighted by Crippen LogP contribution is 2.35. The van der Waals surface area contributed by atoms with Gasteiger partial charge in [-0.2, -0.15) is 0 Å². The maximum absolute atomic E-state index is 6.67. The summed E-state index contributed by atoms with van der Waals surface area (Å²) in [5, 5.41) is 0. The Morgan fingerprint density at radius 3 is 2.61 bits per heavy atom. The molecule has 2 rings (SSSR count). The second-order valence-electron chi connectivity index (χ2n) is 6.50. The molecule has 0 aromatic rings. The largest absolute Gasteiger partial charge is 0.326 e. The fraction of sp³-hybridized carbons (Fsp3) is 1.00. The Balaban J connectivity index is 2.01. The first-order valence-electron chi connectivity index (χ1n) is 7.77. The first-order chi connectivity index (χ1) is 8.63. The summed E-state index contributed by atoms with van der Waals surface area (Å²) in [5.74, 6) is 1.62. The first-order valence-corrected chi connectivity index (χ1v) is 7.77. The second kappa shape index (κ2) is 6.36. The van der Waals surface area contributed by atoms with E-state index >= 15 is 0 Å². The van der Waals surface area contributed by atoms with E-state index in [1.807, 2.05) is 0 Å². The zero-order chi connectivity index (χ0) is 13.1. The summed E-state index contributed by atoms with van der Waals surface area (Å²) in [7, 11) is 4.48. The van der Waals surface area contributed by atoms with Crippen molar-refractivity contribution < 1.29 is 0 Å². The van der Waals surface area contributed by atoms with Crippen molar-refractivity contribution in [2.24, 2.45) is 17.6 Å². The van der Waals surface area contributed by atoms with Gasteiger partial charge >= 0.3 is 0 Å². The van der Waals surface area contributed by atoms with Crippen LogP contribution < -0.4 is 5.73 Å². The Bertz CT molecular complexity index is 254. The summed E-state index contributed by atoms with van der Waals surface area (Å²) in [4.78, 5) is 4.93. The molecule has 18 heavy (non-hydrogen) atoms. The molecule has 3 heteroatoms. The van der Waals surface area contributed by atoms with Crippen LogP contribution in [0.1, 0.15) is 39.0 Å². The maximum atomic E-state index is 6.67. The molecule has 0 aromatic carbocycles. The molecular weight excluding hydrogens is 222 g/mol. The van der Waals surface area contributed by atoms with E-state index in [4.69, 9.17) is 5.73 Å². The van der Waals surface area contributed by atoms with Crippen molar-refractivity contribution in [1.82, 2.24) is 9.80 Å². The lowest BCUT2D eigenvalue weighted by Gasteiger charge is -2.45. The van der Waals surface area contributed by atoms with E-state index in [1.165, 1.54) is 45.2 Å². The molecular formula is C15H31N3. The lowest BCUT2D eigenvalue weighted by atomic mass is 9.72. The van der Waals surface area contributed by atoms with E-state index in [0.717, 1.165) is 18.4 Å². The van der Waals surface area contributed by atoms with Gasteiger partial charge in [0.1, 0.15) is 0 Å². The van der Waals surface area contributed by atoms with Crippen molar-refractivity contribution in [3.63, 3.8) is 0 Å². The van der Waals surface area contributed by atoms with Gasteiger partial charge in [-0.25, -0.2) is 0 Å². The highest BCUT2D eigenvalue weighted by Gasteiger charge is 2.36. The molecule has 4 atom stereocenters. The average molecular weight is 253 g/mol. The van der Waals surface area contributed by atoms with Gasteiger partial charge < -0.3 is 10.6 Å². The van der Waals surface area contributed by atoms with Crippen molar-refractivity contribution in [3.05, 3.63) is 0 Å². The van der Waals surface area contributed by atoms with Gasteiger partial charge in [0, 0.05) is 31.7 Å². The quantitative estimate of drug-likeness (QED) is 0.832. The molecule has 0 spiro atoms. The molecule has 1 heterocycles. The number of piperazine rings is 1. The van der Waals surface area contributed by atoms with Crippen molar-refractivity contribution in [1.29, 1.82) is 0 Å². The number of likely N-dealkylation sites (N-methyl/N-ethyl adjacent to an activating group) is 2. The molecule has 4 unspecified atom stereocenters. The number of hydrogen-bond donors (Lipinski definition) is 1. The van der Waals surface area contributed by atoms with E-state index < -0.39 is 0 Å². The number of hydrogen-bond acceptors (Lipinski definition) is 3. The molecule has 1 saturated heterocycles. The number of nitrogens with zero attached hydrogens (tertiary/aromatic N) is 2. The molecule has 0 bridgehead atoms. The molecule has 2 N–H and O–H groups in total. The lowest BCUT2D eigenvalue weighted by Crippen LogP contribution is -2.60. The fourth-order valence-electron chi connectivity index (χ4n) is 4.00. The summed E-state index contributed by atoms with van der Waals surface area (Å²) in [5.41, 5.74) is 6.67. The number of nitrogens with two attached hydrogens (primary N) is 1. The predicted octanol–water partition coefficient (Wildman–Crippen LogP) is 1.78. The van der Waals surface area contributed by atoms with E-state index in [0.29, 0.717) is 12.1 Å². The summed E-state index contributed by atoms with van der Waals surface area (Å²) in [6.45, 7) is 5.83. The number of rotatable bonds is 3. The third-order valence-electron chi connectivity index (χ3n) is 5.33. The SMILES string of the molecule is CCC1CCCCC1C(N)C1CN(C)CCN1C. The Morgan fingerprint density at radius 1 is 1.17 bits per heavy atom. The molecule has 0 amide bonds. The summed E-state index contributed by atoms with van der Waals surface area (Å²) < 4.78 is 0. The first kappa shape index (κ1) is 14.3. The molecule has 1 aliphatic carbocycles. The van der Waals surface area contributed by atoms with Crippen LogP contribution >= 0.6 is 0 Å². The molecule has 2 aliphatic rings. The van der Waals surface area contributed by atoms with Gasteiger partial charge in [0.15, 0.2) is 0 Å². The minimum atomic E-state index is 0.364. The standard InChI is InChI=1S/C15H31N3/c1-4-12-7-5-6-8-13(12)15(16)14-11-17(2)9-10-18(14)3/h12-15H,4-11,16H2,1-3H3. The van der Waals surface area contributed by atoms with Crippen LogP contribution in [0.15, 0.2) is 0 Å². The van der Waals surface area contributed by atoms with Crippen molar-refractivity contribution in [2.75, 3.05) is 33.7 Å². The van der Waals surface area contributed by atoms with E-state index in [1.54, 1.807) is 0 Å². The predicted molar refractivity (Wildman–Crippen MR) is 77.6 cm³/mol. The molecule has 1 saturated carbocycles. The third-order valence-corrected chi connectivity index (χ3v) is 5.33. The molecule has 0 radical (unpaired) electrons. The van der Waals surface area contributed by atoms with Crippen LogP contribution in [-0.2, 0) is 0 Å². The van der Waals surface area contributed by atoms with Gasteiger partial charge in [-0.1, -0.05) is 32.6 Å². The third kappa shape index (κ3) is 3.06. The summed E-state index contributed by atoms with van der Waals surface area (Å²) in [6.07, 6.45) is 6.88. The summed E-state index contributed by atoms with van der Waals surface area (Å²) >= 11 is 0. The van der Waals surface area contributed by atoms with Crippen molar-refractivity contribution in [3.8, 4) is 0 Å². The zero-order valence-electron chi connectivity index (χ0n) is 12.4. The van der Waals surface area contributed by atoms with Crippen molar-refractivity contribution in [2.45, 2.75) is 51.1 Å². The van der Waals surface area contributed by atoms with Crippen LogP contribution in [0.2, 0.25) is 0 Å². The van der Waals surface area contributed by atoms with Crippen LogP contribution in [0.3, 0.4) is 0 Å². The molecule has 3 nitrogen and oxygen atoms in total. The van der Waals surface area contributed by atoms with E-state index in [-0.39, 0.29) is 0 Å². The van der Waals surface area contributed by atoms with Crippen LogP contribution in [-0.4, -0.2) is 55.6 Å². The van der Waals surface area contributed by atoms with Crippen LogP contribution in [0, 0.1) is 11.8 Å². The van der Waals surface area contributed by atoms with Gasteiger partial charge in [0.05, 0.1) is 0 Å². The van der Waals surface area contributed by atoms with Gasteiger partial charge in [0.25, 0.3) is 0 Å². The average Bonchev–Trinajstić information content (AvgIpc) is 2.40. The van der Waals surface area contributed by atoms with Gasteiger partial charge in [-0.15, -0.1) is 0 Å². The Kier molecular flexibility index (Phi) is 5.05. The van der Waals surface area contributed by atoms with Gasteiger partial charge in [0.2, 0.25) is 0 Å². The second-order valence-corrected chi connectivity index (χ2v) is 6.50. The topological polar surface area (TPSA) is 32.5 Å². The van der Waals surface area contributed by atoms with Gasteiger partial charge in [-0.3, -0.25) is 4.90 Å². The molecule has 2 fully saturated rings. The van der Waals surface area contributed by atoms with Crippen LogP contribution in [0.5, 0.6) is 0 Å². The highest BCUT2D eigenvalue weighted by molar-refractivity contribution is 4.93. The minimum absolute atomic E-state index is 0.364. The molecule has 0 aromatic heterocycles. The minimum Gasteiger partial charge on any atom is -0.326 e. The Hall–Kier alpha value is -0.120. The van der Waals surface area contributed by atoms with E-state index in [9.17, 15) is 0 Å². The monoisotopic (exact) mass is 253 g/mol. The fourth-order valence-corrected chi connectivity index (χ4v) is 4.00. The maximum Gasteiger partial charge on any atom is 0.0374 e.